The van der Waals surface area contributed by atoms with Gasteiger partial charge in [-0.1, -0.05) is 80.4 Å². The van der Waals surface area contributed by atoms with E-state index in [2.05, 4.69) is 80.4 Å². The molecule has 0 aliphatic rings. The molecule has 0 unspecified atom stereocenters. The Morgan fingerprint density at radius 3 is 1.64 bits per heavy atom. The molecule has 0 spiro atoms. The Labute approximate surface area is 102 Å². The number of allylic oxidation sites excluding steroid dienone is 2. The average Bonchev–Trinajstić information content (AvgIpc) is 2.24. The van der Waals surface area contributed by atoms with Gasteiger partial charge in [-0.05, 0) is 11.1 Å². The van der Waals surface area contributed by atoms with Crippen LogP contribution in [0.2, 0.25) is 0 Å². The maximum atomic E-state index is 3.37. The van der Waals surface area contributed by atoms with E-state index in [1.165, 1.54) is 11.1 Å². The summed E-state index contributed by atoms with van der Waals surface area (Å²) in [5.41, 5.74) is 2.51. The van der Waals surface area contributed by atoms with E-state index in [-0.39, 0.29) is 0 Å². The zero-order valence-electron chi connectivity index (χ0n) is 7.79. The van der Waals surface area contributed by atoms with E-state index in [4.69, 9.17) is 0 Å². The predicted molar refractivity (Wildman–Crippen MR) is 72.1 cm³/mol. The van der Waals surface area contributed by atoms with Crippen LogP contribution in [-0.4, -0.2) is 10.7 Å². The molecule has 0 aromatic heterocycles. The Morgan fingerprint density at radius 1 is 0.857 bits per heavy atom. The summed E-state index contributed by atoms with van der Waals surface area (Å²) in [5, 5.41) is 1.78. The van der Waals surface area contributed by atoms with Crippen LogP contribution < -0.4 is 0 Å². The van der Waals surface area contributed by atoms with Crippen LogP contribution in [0.1, 0.15) is 11.1 Å². The third-order valence-electron chi connectivity index (χ3n) is 1.77. The van der Waals surface area contributed by atoms with Gasteiger partial charge < -0.3 is 0 Å². The van der Waals surface area contributed by atoms with Gasteiger partial charge in [0.2, 0.25) is 0 Å². The highest BCUT2D eigenvalue weighted by molar-refractivity contribution is 9.09. The molecule has 74 valence electrons. The molecule has 2 heteroatoms. The highest BCUT2D eigenvalue weighted by Gasteiger charge is 1.92. The van der Waals surface area contributed by atoms with Crippen molar-refractivity contribution in [3.63, 3.8) is 0 Å². The summed E-state index contributed by atoms with van der Waals surface area (Å²) in [6.07, 6.45) is 8.45. The van der Waals surface area contributed by atoms with Crippen molar-refractivity contribution in [1.29, 1.82) is 0 Å². The van der Waals surface area contributed by atoms with Gasteiger partial charge in [0.1, 0.15) is 0 Å². The van der Waals surface area contributed by atoms with Crippen LogP contribution in [0.25, 0.3) is 12.2 Å². The third-order valence-corrected chi connectivity index (χ3v) is 2.52. The lowest BCUT2D eigenvalue weighted by atomic mass is 10.1. The van der Waals surface area contributed by atoms with Gasteiger partial charge in [-0.2, -0.15) is 0 Å². The van der Waals surface area contributed by atoms with Crippen LogP contribution in [0, 0.1) is 0 Å². The molecule has 1 aromatic rings. The zero-order valence-corrected chi connectivity index (χ0v) is 11.0. The first-order chi connectivity index (χ1) is 6.88. The minimum Gasteiger partial charge on any atom is -0.0883 e. The number of rotatable bonds is 4. The maximum Gasteiger partial charge on any atom is 0.0215 e. The number of halogens is 2. The molecule has 1 rings (SSSR count). The number of hydrogen-bond donors (Lipinski definition) is 0. The molecule has 1 aromatic carbocycles. The van der Waals surface area contributed by atoms with Gasteiger partial charge in [0.15, 0.2) is 0 Å². The van der Waals surface area contributed by atoms with E-state index in [0.29, 0.717) is 0 Å². The lowest BCUT2D eigenvalue weighted by Gasteiger charge is -1.99. The van der Waals surface area contributed by atoms with E-state index in [1.807, 2.05) is 0 Å². The summed E-state index contributed by atoms with van der Waals surface area (Å²) >= 11 is 6.74. The molecule has 0 bridgehead atoms. The fourth-order valence-corrected chi connectivity index (χ4v) is 1.53. The number of benzene rings is 1. The van der Waals surface area contributed by atoms with Gasteiger partial charge in [-0.25, -0.2) is 0 Å². The highest BCUT2D eigenvalue weighted by Crippen LogP contribution is 2.12. The van der Waals surface area contributed by atoms with Crippen LogP contribution in [0.3, 0.4) is 0 Å². The first kappa shape index (κ1) is 11.7. The standard InChI is InChI=1S/C12H12Br2/c13-9-3-7-11-5-1-2-6-12(11)8-4-10-14/h1-8H,9-10H2/b7-3+,8-4+. The van der Waals surface area contributed by atoms with Crippen molar-refractivity contribution < 1.29 is 0 Å². The first-order valence-electron chi connectivity index (χ1n) is 4.42. The second kappa shape index (κ2) is 7.02. The monoisotopic (exact) mass is 314 g/mol. The van der Waals surface area contributed by atoms with Crippen LogP contribution >= 0.6 is 31.9 Å². The Hall–Kier alpha value is -0.340. The van der Waals surface area contributed by atoms with Crippen molar-refractivity contribution in [2.24, 2.45) is 0 Å². The van der Waals surface area contributed by atoms with Crippen LogP contribution in [0.15, 0.2) is 36.4 Å². The molecule has 0 N–H and O–H groups in total. The van der Waals surface area contributed by atoms with Crippen molar-refractivity contribution in [1.82, 2.24) is 0 Å². The summed E-state index contributed by atoms with van der Waals surface area (Å²) < 4.78 is 0. The van der Waals surface area contributed by atoms with Gasteiger partial charge in [0.25, 0.3) is 0 Å². The smallest absolute Gasteiger partial charge is 0.0215 e. The second-order valence-corrected chi connectivity index (χ2v) is 4.04. The van der Waals surface area contributed by atoms with E-state index in [0.717, 1.165) is 10.7 Å². The Kier molecular flexibility index (Phi) is 5.88. The Balaban J connectivity index is 2.91. The summed E-state index contributed by atoms with van der Waals surface area (Å²) in [4.78, 5) is 0. The summed E-state index contributed by atoms with van der Waals surface area (Å²) in [5.74, 6) is 0. The average molecular weight is 316 g/mol. The maximum absolute atomic E-state index is 3.37. The van der Waals surface area contributed by atoms with E-state index < -0.39 is 0 Å². The molecule has 0 saturated heterocycles. The normalized spacial score (nSPS) is 11.6. The molecule has 0 aliphatic carbocycles. The molecule has 0 amide bonds. The van der Waals surface area contributed by atoms with E-state index in [9.17, 15) is 0 Å². The van der Waals surface area contributed by atoms with Crippen molar-refractivity contribution >= 4 is 44.0 Å². The number of hydrogen-bond acceptors (Lipinski definition) is 0. The molecular weight excluding hydrogens is 304 g/mol. The lowest BCUT2D eigenvalue weighted by Crippen LogP contribution is -1.79. The second-order valence-electron chi connectivity index (χ2n) is 2.74. The predicted octanol–water partition coefficient (Wildman–Crippen LogP) is 4.50. The quantitative estimate of drug-likeness (QED) is 0.717. The molecular formula is C12H12Br2. The van der Waals surface area contributed by atoms with Gasteiger partial charge in [-0.3, -0.25) is 0 Å². The minimum atomic E-state index is 0.892. The van der Waals surface area contributed by atoms with E-state index in [1.54, 1.807) is 0 Å². The zero-order chi connectivity index (χ0) is 10.2. The molecule has 0 saturated carbocycles. The van der Waals surface area contributed by atoms with Crippen molar-refractivity contribution in [2.75, 3.05) is 10.7 Å². The molecule has 14 heavy (non-hydrogen) atoms. The molecule has 0 heterocycles. The summed E-state index contributed by atoms with van der Waals surface area (Å²) in [6.45, 7) is 0. The van der Waals surface area contributed by atoms with E-state index >= 15 is 0 Å². The van der Waals surface area contributed by atoms with Crippen LogP contribution in [0.5, 0.6) is 0 Å². The van der Waals surface area contributed by atoms with Crippen molar-refractivity contribution in [3.05, 3.63) is 47.5 Å². The fraction of sp³-hybridized carbons (Fsp3) is 0.167. The summed E-state index contributed by atoms with van der Waals surface area (Å²) in [7, 11) is 0. The fourth-order valence-electron chi connectivity index (χ4n) is 1.16. The van der Waals surface area contributed by atoms with Crippen molar-refractivity contribution in [2.45, 2.75) is 0 Å². The van der Waals surface area contributed by atoms with Gasteiger partial charge >= 0.3 is 0 Å². The summed E-state index contributed by atoms with van der Waals surface area (Å²) in [6, 6.07) is 8.35. The van der Waals surface area contributed by atoms with Gasteiger partial charge in [0.05, 0.1) is 0 Å². The highest BCUT2D eigenvalue weighted by atomic mass is 79.9. The molecule has 0 fully saturated rings. The largest absolute Gasteiger partial charge is 0.0883 e. The number of alkyl halides is 2. The van der Waals surface area contributed by atoms with Crippen LogP contribution in [0.4, 0.5) is 0 Å². The third kappa shape index (κ3) is 3.81. The minimum absolute atomic E-state index is 0.892. The van der Waals surface area contributed by atoms with Gasteiger partial charge in [0, 0.05) is 10.7 Å². The molecule has 0 atom stereocenters. The lowest BCUT2D eigenvalue weighted by molar-refractivity contribution is 1.60. The Morgan fingerprint density at radius 2 is 1.29 bits per heavy atom. The molecule has 0 nitrogen and oxygen atoms in total. The first-order valence-corrected chi connectivity index (χ1v) is 6.67. The molecule has 0 aliphatic heterocycles. The van der Waals surface area contributed by atoms with Crippen molar-refractivity contribution in [3.8, 4) is 0 Å². The SMILES string of the molecule is BrC/C=C/c1ccccc1/C=C/CBr. The van der Waals surface area contributed by atoms with Gasteiger partial charge in [-0.15, -0.1) is 0 Å². The topological polar surface area (TPSA) is 0 Å². The Bertz CT molecular complexity index is 294. The van der Waals surface area contributed by atoms with Crippen LogP contribution in [-0.2, 0) is 0 Å². The molecule has 0 radical (unpaired) electrons.